The number of hydrogen-bond acceptors (Lipinski definition) is 2. The average molecular weight is 626 g/mol. The molecule has 2 atom stereocenters. The summed E-state index contributed by atoms with van der Waals surface area (Å²) in [6.45, 7) is 19.9. The molecule has 0 radical (unpaired) electrons. The van der Waals surface area contributed by atoms with Gasteiger partial charge in [-0.3, -0.25) is 0 Å². The Labute approximate surface area is 268 Å². The number of methoxy groups -OCH3 is 1. The van der Waals surface area contributed by atoms with Crippen LogP contribution in [-0.4, -0.2) is 27.4 Å². The van der Waals surface area contributed by atoms with Crippen molar-refractivity contribution >= 4 is 24.2 Å². The van der Waals surface area contributed by atoms with Crippen LogP contribution in [0.25, 0.3) is 0 Å². The van der Waals surface area contributed by atoms with E-state index in [0.29, 0.717) is 0 Å². The molecule has 0 aromatic heterocycles. The van der Waals surface area contributed by atoms with Gasteiger partial charge in [0.05, 0.1) is 28.9 Å². The average Bonchev–Trinajstić information content (AvgIpc) is 2.95. The molecule has 2 aromatic carbocycles. The van der Waals surface area contributed by atoms with Crippen LogP contribution in [-0.2, 0) is 21.8 Å². The van der Waals surface area contributed by atoms with E-state index in [4.69, 9.17) is 4.74 Å². The van der Waals surface area contributed by atoms with Crippen LogP contribution >= 0.6 is 7.92 Å². The van der Waals surface area contributed by atoms with Gasteiger partial charge >= 0.3 is 0 Å². The first-order valence-electron chi connectivity index (χ1n) is 16.9. The summed E-state index contributed by atoms with van der Waals surface area (Å²) < 4.78 is 23.5. The molecule has 0 saturated heterocycles. The smallest absolute Gasteiger partial charge is 0.126 e. The van der Waals surface area contributed by atoms with Crippen molar-refractivity contribution in [1.29, 1.82) is 0 Å². The fraction of sp³-hybridized carbons (Fsp3) is 0.684. The fourth-order valence-electron chi connectivity index (χ4n) is 7.12. The molecule has 2 saturated carbocycles. The summed E-state index contributed by atoms with van der Waals surface area (Å²) in [7, 11) is 0.248. The van der Waals surface area contributed by atoms with Crippen LogP contribution in [0, 0.1) is 0 Å². The highest BCUT2D eigenvalue weighted by molar-refractivity contribution is 7.84. The van der Waals surface area contributed by atoms with E-state index in [1.165, 1.54) is 86.5 Å². The quantitative estimate of drug-likeness (QED) is 0.297. The van der Waals surface area contributed by atoms with Crippen LogP contribution in [0.4, 0.5) is 0 Å². The zero-order valence-corrected chi connectivity index (χ0v) is 30.7. The van der Waals surface area contributed by atoms with Crippen LogP contribution < -0.4 is 14.8 Å². The third kappa shape index (κ3) is 8.33. The summed E-state index contributed by atoms with van der Waals surface area (Å²) in [5.41, 5.74) is 6.35. The molecule has 1 unspecified atom stereocenters. The lowest BCUT2D eigenvalue weighted by Crippen LogP contribution is -2.38. The van der Waals surface area contributed by atoms with Gasteiger partial charge in [0.15, 0.2) is 0 Å². The van der Waals surface area contributed by atoms with Gasteiger partial charge in [0, 0.05) is 11.1 Å². The minimum atomic E-state index is -1.24. The molecule has 5 heteroatoms. The lowest BCUT2D eigenvalue weighted by atomic mass is 9.77. The standard InChI is InChI=1S/C38H60NO2PS/c1-36(2,3)31-25-27(26-32(35(31)41-10)37(4,5)6)34(39-43(40)38(7,8)9)30-23-17-18-24-33(30)42(28-19-13-11-14-20-28)29-21-15-12-16-22-29/h17-18,23-26,28-29,34,39H,11-16,19-22H2,1-10H3/t34-,43?/m0/s1. The van der Waals surface area contributed by atoms with Gasteiger partial charge in [-0.1, -0.05) is 112 Å². The number of hydrogen-bond donors (Lipinski definition) is 1. The van der Waals surface area contributed by atoms with Crippen LogP contribution in [0.1, 0.15) is 155 Å². The van der Waals surface area contributed by atoms with E-state index in [1.54, 1.807) is 12.4 Å². The molecule has 2 aromatic rings. The predicted octanol–water partition coefficient (Wildman–Crippen LogP) is 10.2. The summed E-state index contributed by atoms with van der Waals surface area (Å²) in [6, 6.07) is 13.8. The second-order valence-corrected chi connectivity index (χ2v) is 20.9. The van der Waals surface area contributed by atoms with Gasteiger partial charge in [0.2, 0.25) is 0 Å². The van der Waals surface area contributed by atoms with Gasteiger partial charge in [-0.15, -0.1) is 0 Å². The van der Waals surface area contributed by atoms with E-state index in [0.717, 1.165) is 17.1 Å². The Balaban J connectivity index is 1.97. The van der Waals surface area contributed by atoms with E-state index in [9.17, 15) is 4.21 Å². The third-order valence-electron chi connectivity index (χ3n) is 9.51. The molecule has 2 fully saturated rings. The van der Waals surface area contributed by atoms with Crippen molar-refractivity contribution in [3.05, 3.63) is 58.7 Å². The molecule has 240 valence electrons. The Kier molecular flexibility index (Phi) is 11.3. The minimum absolute atomic E-state index is 0.106. The van der Waals surface area contributed by atoms with Gasteiger partial charge in [-0.25, -0.2) is 8.93 Å². The molecule has 0 spiro atoms. The Hall–Kier alpha value is -1.22. The van der Waals surface area contributed by atoms with E-state index in [2.05, 4.69) is 103 Å². The SMILES string of the molecule is COc1c(C(C)(C)C)cc([C@H](NS(=O)C(C)(C)C)c2ccccc2P(C2CCCCC2)C2CCCCC2)cc1C(C)(C)C. The van der Waals surface area contributed by atoms with Crippen molar-refractivity contribution in [2.75, 3.05) is 7.11 Å². The molecule has 43 heavy (non-hydrogen) atoms. The third-order valence-corrected chi connectivity index (χ3v) is 14.6. The largest absolute Gasteiger partial charge is 0.496 e. The van der Waals surface area contributed by atoms with Crippen LogP contribution in [0.2, 0.25) is 0 Å². The summed E-state index contributed by atoms with van der Waals surface area (Å²) in [6.07, 6.45) is 13.7. The minimum Gasteiger partial charge on any atom is -0.496 e. The van der Waals surface area contributed by atoms with E-state index in [1.807, 2.05) is 0 Å². The Bertz CT molecular complexity index is 1190. The highest BCUT2D eigenvalue weighted by Gasteiger charge is 2.37. The monoisotopic (exact) mass is 625 g/mol. The van der Waals surface area contributed by atoms with E-state index < -0.39 is 11.0 Å². The number of nitrogens with one attached hydrogen (secondary N) is 1. The Morgan fingerprint density at radius 1 is 0.767 bits per heavy atom. The Morgan fingerprint density at radius 3 is 1.65 bits per heavy atom. The molecule has 3 nitrogen and oxygen atoms in total. The topological polar surface area (TPSA) is 38.3 Å². The molecule has 0 heterocycles. The maximum absolute atomic E-state index is 14.0. The lowest BCUT2D eigenvalue weighted by molar-refractivity contribution is 0.381. The molecular weight excluding hydrogens is 565 g/mol. The van der Waals surface area contributed by atoms with E-state index in [-0.39, 0.29) is 29.5 Å². The predicted molar refractivity (Wildman–Crippen MR) is 190 cm³/mol. The van der Waals surface area contributed by atoms with Crippen molar-refractivity contribution < 1.29 is 8.95 Å². The van der Waals surface area contributed by atoms with Crippen molar-refractivity contribution in [3.63, 3.8) is 0 Å². The summed E-state index contributed by atoms with van der Waals surface area (Å²) in [5, 5.41) is 1.56. The summed E-state index contributed by atoms with van der Waals surface area (Å²) in [4.78, 5) is 0. The number of rotatable bonds is 8. The van der Waals surface area contributed by atoms with Crippen molar-refractivity contribution in [3.8, 4) is 5.75 Å². The first-order valence-corrected chi connectivity index (χ1v) is 19.5. The maximum Gasteiger partial charge on any atom is 0.126 e. The van der Waals surface area contributed by atoms with E-state index >= 15 is 0 Å². The molecule has 1 N–H and O–H groups in total. The first-order chi connectivity index (χ1) is 20.1. The van der Waals surface area contributed by atoms with Crippen LogP contribution in [0.3, 0.4) is 0 Å². The zero-order valence-electron chi connectivity index (χ0n) is 28.9. The highest BCUT2D eigenvalue weighted by Crippen LogP contribution is 2.56. The Morgan fingerprint density at radius 2 is 1.23 bits per heavy atom. The maximum atomic E-state index is 14.0. The van der Waals surface area contributed by atoms with Gasteiger partial charge in [0.25, 0.3) is 0 Å². The van der Waals surface area contributed by atoms with Crippen molar-refractivity contribution in [1.82, 2.24) is 4.72 Å². The zero-order chi connectivity index (χ0) is 31.6. The summed E-state index contributed by atoms with van der Waals surface area (Å²) in [5.74, 6) is 0.986. The van der Waals surface area contributed by atoms with Gasteiger partial charge in [0.1, 0.15) is 5.75 Å². The number of benzene rings is 2. The normalized spacial score (nSPS) is 19.4. The molecule has 4 rings (SSSR count). The van der Waals surface area contributed by atoms with Crippen molar-refractivity contribution in [2.45, 2.75) is 159 Å². The first kappa shape index (κ1) is 34.6. The molecule has 0 amide bonds. The van der Waals surface area contributed by atoms with Gasteiger partial charge in [-0.05, 0) is 97.2 Å². The second-order valence-electron chi connectivity index (χ2n) is 16.1. The summed E-state index contributed by atoms with van der Waals surface area (Å²) >= 11 is 0. The number of ether oxygens (including phenoxy) is 1. The van der Waals surface area contributed by atoms with Crippen LogP contribution in [0.5, 0.6) is 5.75 Å². The lowest BCUT2D eigenvalue weighted by Gasteiger charge is -2.40. The molecule has 2 aliphatic carbocycles. The molecule has 2 aliphatic rings. The fourth-order valence-corrected chi connectivity index (χ4v) is 11.9. The highest BCUT2D eigenvalue weighted by atomic mass is 32.2. The van der Waals surface area contributed by atoms with Crippen molar-refractivity contribution in [2.24, 2.45) is 0 Å². The van der Waals surface area contributed by atoms with Gasteiger partial charge in [-0.2, -0.15) is 0 Å². The molecular formula is C38H60NO2PS. The van der Waals surface area contributed by atoms with Gasteiger partial charge < -0.3 is 4.74 Å². The van der Waals surface area contributed by atoms with Crippen LogP contribution in [0.15, 0.2) is 36.4 Å². The molecule has 0 aliphatic heterocycles. The second kappa shape index (κ2) is 14.0. The molecule has 0 bridgehead atoms.